The second-order valence-electron chi connectivity index (χ2n) is 7.94. The number of amides is 1. The Morgan fingerprint density at radius 3 is 2.54 bits per heavy atom. The van der Waals surface area contributed by atoms with Crippen molar-refractivity contribution in [1.82, 2.24) is 10.3 Å². The molecule has 0 aliphatic carbocycles. The number of carbonyl (C=O) groups excluding carboxylic acids is 1. The number of nitrogens with one attached hydrogen (secondary N) is 1. The zero-order valence-corrected chi connectivity index (χ0v) is 20.0. The Hall–Kier alpha value is -3.63. The highest BCUT2D eigenvalue weighted by Gasteiger charge is 2.24. The topological polar surface area (TPSA) is 85.4 Å². The predicted molar refractivity (Wildman–Crippen MR) is 128 cm³/mol. The van der Waals surface area contributed by atoms with Gasteiger partial charge in [0.15, 0.2) is 9.84 Å². The third-order valence-electron chi connectivity index (χ3n) is 5.66. The van der Waals surface area contributed by atoms with Gasteiger partial charge in [0.25, 0.3) is 5.91 Å². The Morgan fingerprint density at radius 2 is 1.80 bits per heavy atom. The highest BCUT2D eigenvalue weighted by Crippen LogP contribution is 2.37. The molecule has 0 atom stereocenters. The van der Waals surface area contributed by atoms with Crippen LogP contribution < -0.4 is 10.1 Å². The number of carbonyl (C=O) groups is 1. The lowest BCUT2D eigenvalue weighted by atomic mass is 10.1. The van der Waals surface area contributed by atoms with Crippen molar-refractivity contribution >= 4 is 27.1 Å². The van der Waals surface area contributed by atoms with Crippen LogP contribution in [0.4, 0.5) is 8.78 Å². The van der Waals surface area contributed by atoms with Gasteiger partial charge in [-0.15, -0.1) is 11.3 Å². The summed E-state index contributed by atoms with van der Waals surface area (Å²) >= 11 is 1.49. The Balaban J connectivity index is 1.47. The number of nitrogens with zero attached hydrogens (tertiary/aromatic N) is 1. The molecular weight excluding hydrogens is 494 g/mol. The van der Waals surface area contributed by atoms with Gasteiger partial charge in [0.2, 0.25) is 5.88 Å². The zero-order valence-electron chi connectivity index (χ0n) is 18.3. The summed E-state index contributed by atoms with van der Waals surface area (Å²) in [5.74, 6) is -2.55. The molecule has 178 valence electrons. The number of sulfone groups is 1. The number of halogens is 2. The molecule has 0 unspecified atom stereocenters. The van der Waals surface area contributed by atoms with E-state index in [1.807, 2.05) is 24.3 Å². The minimum atomic E-state index is -4.13. The van der Waals surface area contributed by atoms with Crippen molar-refractivity contribution in [3.63, 3.8) is 0 Å². The van der Waals surface area contributed by atoms with Crippen LogP contribution in [0.2, 0.25) is 0 Å². The van der Waals surface area contributed by atoms with E-state index in [1.54, 1.807) is 18.3 Å². The van der Waals surface area contributed by atoms with Crippen LogP contribution in [0.3, 0.4) is 0 Å². The van der Waals surface area contributed by atoms with E-state index in [9.17, 15) is 22.0 Å². The normalized spacial score (nSPS) is 12.9. The van der Waals surface area contributed by atoms with Gasteiger partial charge in [-0.3, -0.25) is 4.79 Å². The molecule has 0 saturated heterocycles. The lowest BCUT2D eigenvalue weighted by Gasteiger charge is -2.11. The number of thiophene rings is 1. The number of hydrogen-bond acceptors (Lipinski definition) is 6. The molecule has 5 rings (SSSR count). The number of ether oxygens (including phenoxy) is 1. The third-order valence-corrected chi connectivity index (χ3v) is 8.53. The van der Waals surface area contributed by atoms with Crippen molar-refractivity contribution < 1.29 is 26.7 Å². The third kappa shape index (κ3) is 4.42. The average molecular weight is 513 g/mol. The SMILES string of the molecule is COc1ncc(-c2ccc(-c3ccc4c(c3)CNC4=O)s2)cc1CS(=O)(=O)c1ccc(F)cc1F. The fourth-order valence-corrected chi connectivity index (χ4v) is 6.35. The second kappa shape index (κ2) is 8.86. The van der Waals surface area contributed by atoms with Crippen LogP contribution in [0.5, 0.6) is 5.88 Å². The molecule has 1 aliphatic rings. The molecule has 1 N–H and O–H groups in total. The average Bonchev–Trinajstić information content (AvgIpc) is 3.46. The van der Waals surface area contributed by atoms with E-state index in [1.165, 1.54) is 18.4 Å². The van der Waals surface area contributed by atoms with Crippen LogP contribution in [0, 0.1) is 11.6 Å². The van der Waals surface area contributed by atoms with Gasteiger partial charge in [-0.2, -0.15) is 0 Å². The van der Waals surface area contributed by atoms with Crippen LogP contribution in [0.1, 0.15) is 21.5 Å². The van der Waals surface area contributed by atoms with Gasteiger partial charge in [-0.05, 0) is 53.6 Å². The number of pyridine rings is 1. The Kier molecular flexibility index (Phi) is 5.86. The second-order valence-corrected chi connectivity index (χ2v) is 11.0. The van der Waals surface area contributed by atoms with Crippen molar-refractivity contribution in [2.24, 2.45) is 0 Å². The van der Waals surface area contributed by atoms with Gasteiger partial charge in [-0.1, -0.05) is 6.07 Å². The number of rotatable bonds is 6. The van der Waals surface area contributed by atoms with Crippen molar-refractivity contribution in [3.05, 3.63) is 89.1 Å². The van der Waals surface area contributed by atoms with Crippen molar-refractivity contribution in [3.8, 4) is 26.8 Å². The lowest BCUT2D eigenvalue weighted by Crippen LogP contribution is -2.12. The molecule has 3 heterocycles. The van der Waals surface area contributed by atoms with Crippen LogP contribution in [-0.4, -0.2) is 26.4 Å². The van der Waals surface area contributed by atoms with E-state index in [0.717, 1.165) is 33.0 Å². The molecule has 10 heteroatoms. The zero-order chi connectivity index (χ0) is 24.7. The molecule has 1 aliphatic heterocycles. The first-order chi connectivity index (χ1) is 16.7. The molecule has 35 heavy (non-hydrogen) atoms. The van der Waals surface area contributed by atoms with Gasteiger partial charge in [-0.25, -0.2) is 22.2 Å². The molecule has 6 nitrogen and oxygen atoms in total. The molecular formula is C25H18F2N2O4S2. The Morgan fingerprint density at radius 1 is 1.03 bits per heavy atom. The van der Waals surface area contributed by atoms with Gasteiger partial charge in [0.1, 0.15) is 16.5 Å². The van der Waals surface area contributed by atoms with E-state index in [-0.39, 0.29) is 17.4 Å². The van der Waals surface area contributed by atoms with Crippen LogP contribution in [-0.2, 0) is 22.1 Å². The van der Waals surface area contributed by atoms with E-state index >= 15 is 0 Å². The summed E-state index contributed by atoms with van der Waals surface area (Å²) in [6.45, 7) is 0.495. The maximum atomic E-state index is 14.2. The van der Waals surface area contributed by atoms with Crippen molar-refractivity contribution in [1.29, 1.82) is 0 Å². The number of aromatic nitrogens is 1. The largest absolute Gasteiger partial charge is 0.481 e. The van der Waals surface area contributed by atoms with Gasteiger partial charge in [0, 0.05) is 45.3 Å². The highest BCUT2D eigenvalue weighted by atomic mass is 32.2. The van der Waals surface area contributed by atoms with Gasteiger partial charge < -0.3 is 10.1 Å². The monoisotopic (exact) mass is 512 g/mol. The van der Waals surface area contributed by atoms with Crippen LogP contribution >= 0.6 is 11.3 Å². The number of methoxy groups -OCH3 is 1. The fraction of sp³-hybridized carbons (Fsp3) is 0.120. The minimum absolute atomic E-state index is 0.0780. The molecule has 2 aromatic carbocycles. The van der Waals surface area contributed by atoms with Crippen LogP contribution in [0.25, 0.3) is 20.9 Å². The highest BCUT2D eigenvalue weighted by molar-refractivity contribution is 7.90. The first kappa shape index (κ1) is 23.1. The first-order valence-electron chi connectivity index (χ1n) is 10.5. The lowest BCUT2D eigenvalue weighted by molar-refractivity contribution is 0.0965. The smallest absolute Gasteiger partial charge is 0.251 e. The maximum absolute atomic E-state index is 14.2. The quantitative estimate of drug-likeness (QED) is 0.368. The van der Waals surface area contributed by atoms with E-state index in [0.29, 0.717) is 23.7 Å². The molecule has 0 saturated carbocycles. The Bertz CT molecular complexity index is 1580. The van der Waals surface area contributed by atoms with E-state index in [4.69, 9.17) is 4.74 Å². The summed E-state index contributed by atoms with van der Waals surface area (Å²) in [5, 5.41) is 2.80. The minimum Gasteiger partial charge on any atom is -0.481 e. The molecule has 0 bridgehead atoms. The van der Waals surface area contributed by atoms with Crippen molar-refractivity contribution in [2.75, 3.05) is 7.11 Å². The predicted octanol–water partition coefficient (Wildman–Crippen LogP) is 4.98. The summed E-state index contributed by atoms with van der Waals surface area (Å²) < 4.78 is 58.4. The van der Waals surface area contributed by atoms with E-state index < -0.39 is 32.1 Å². The fourth-order valence-electron chi connectivity index (χ4n) is 3.96. The molecule has 2 aromatic heterocycles. The number of hydrogen-bond donors (Lipinski definition) is 1. The molecule has 0 spiro atoms. The molecule has 1 amide bonds. The Labute approximate surface area is 204 Å². The number of fused-ring (bicyclic) bond motifs is 1. The van der Waals surface area contributed by atoms with Gasteiger partial charge >= 0.3 is 0 Å². The van der Waals surface area contributed by atoms with Crippen LogP contribution in [0.15, 0.2) is 65.7 Å². The standard InChI is InChI=1S/C25H18F2N2O4S2/c1-33-25-17(13-35(31,32)23-7-3-18(26)10-20(23)27)9-16(12-29-25)22-6-5-21(34-22)14-2-4-19-15(8-14)11-28-24(19)30/h2-10,12H,11,13H2,1H3,(H,28,30). The summed E-state index contributed by atoms with van der Waals surface area (Å²) in [4.78, 5) is 17.3. The molecule has 4 aromatic rings. The van der Waals surface area contributed by atoms with Crippen molar-refractivity contribution in [2.45, 2.75) is 17.2 Å². The summed E-state index contributed by atoms with van der Waals surface area (Å²) in [6.07, 6.45) is 1.58. The van der Waals surface area contributed by atoms with E-state index in [2.05, 4.69) is 10.3 Å². The first-order valence-corrected chi connectivity index (χ1v) is 12.9. The number of benzene rings is 2. The summed E-state index contributed by atoms with van der Waals surface area (Å²) in [5.41, 5.74) is 3.51. The maximum Gasteiger partial charge on any atom is 0.251 e. The van der Waals surface area contributed by atoms with Gasteiger partial charge in [0.05, 0.1) is 12.9 Å². The molecule has 0 fully saturated rings. The summed E-state index contributed by atoms with van der Waals surface area (Å²) in [7, 11) is -2.76. The summed E-state index contributed by atoms with van der Waals surface area (Å²) in [6, 6.07) is 13.5. The molecule has 0 radical (unpaired) electrons.